The van der Waals surface area contributed by atoms with E-state index in [1.165, 1.54) is 16.7 Å². The van der Waals surface area contributed by atoms with E-state index in [4.69, 9.17) is 9.15 Å². The Morgan fingerprint density at radius 1 is 1.20 bits per heavy atom. The standard InChI is InChI=1S/C19H27N3O2.HI/c1-15-7-8-17(16(2)12-15)13-22-19(20-3)21-9-5-10-23-14-18-6-4-11-24-18;/h4,6-8,11-12H,5,9-10,13-14H2,1-3H3,(H2,20,21,22);1H. The highest BCUT2D eigenvalue weighted by molar-refractivity contribution is 14.0. The van der Waals surface area contributed by atoms with Gasteiger partial charge in [-0.15, -0.1) is 24.0 Å². The van der Waals surface area contributed by atoms with Crippen LogP contribution in [0, 0.1) is 13.8 Å². The minimum absolute atomic E-state index is 0. The summed E-state index contributed by atoms with van der Waals surface area (Å²) in [7, 11) is 1.78. The first kappa shape index (κ1) is 21.5. The number of aryl methyl sites for hydroxylation is 2. The molecule has 25 heavy (non-hydrogen) atoms. The summed E-state index contributed by atoms with van der Waals surface area (Å²) in [5, 5.41) is 6.64. The summed E-state index contributed by atoms with van der Waals surface area (Å²) in [5.74, 6) is 1.66. The molecule has 0 amide bonds. The number of nitrogens with zero attached hydrogens (tertiary/aromatic N) is 1. The highest BCUT2D eigenvalue weighted by Crippen LogP contribution is 2.09. The number of benzene rings is 1. The van der Waals surface area contributed by atoms with E-state index in [0.717, 1.165) is 31.2 Å². The lowest BCUT2D eigenvalue weighted by molar-refractivity contribution is 0.105. The van der Waals surface area contributed by atoms with E-state index >= 15 is 0 Å². The summed E-state index contributed by atoms with van der Waals surface area (Å²) in [6, 6.07) is 10.3. The number of hydrogen-bond acceptors (Lipinski definition) is 3. The molecule has 2 N–H and O–H groups in total. The van der Waals surface area contributed by atoms with Gasteiger partial charge in [-0.3, -0.25) is 4.99 Å². The zero-order chi connectivity index (χ0) is 17.2. The predicted molar refractivity (Wildman–Crippen MR) is 113 cm³/mol. The molecule has 0 unspecified atom stereocenters. The van der Waals surface area contributed by atoms with Crippen LogP contribution >= 0.6 is 24.0 Å². The molecule has 2 rings (SSSR count). The van der Waals surface area contributed by atoms with Gasteiger partial charge < -0.3 is 19.8 Å². The van der Waals surface area contributed by atoms with E-state index in [-0.39, 0.29) is 24.0 Å². The number of aliphatic imine (C=N–C) groups is 1. The summed E-state index contributed by atoms with van der Waals surface area (Å²) in [6.45, 7) is 7.02. The van der Waals surface area contributed by atoms with Crippen LogP contribution in [-0.4, -0.2) is 26.2 Å². The number of hydrogen-bond donors (Lipinski definition) is 2. The van der Waals surface area contributed by atoms with E-state index < -0.39 is 0 Å². The Kier molecular flexibility index (Phi) is 10.3. The van der Waals surface area contributed by atoms with Gasteiger partial charge >= 0.3 is 0 Å². The topological polar surface area (TPSA) is 58.8 Å². The van der Waals surface area contributed by atoms with Crippen LogP contribution in [0.4, 0.5) is 0 Å². The van der Waals surface area contributed by atoms with E-state index in [0.29, 0.717) is 13.2 Å². The molecule has 0 atom stereocenters. The third-order valence-electron chi connectivity index (χ3n) is 3.75. The molecule has 0 radical (unpaired) electrons. The fourth-order valence-corrected chi connectivity index (χ4v) is 2.39. The van der Waals surface area contributed by atoms with Crippen molar-refractivity contribution < 1.29 is 9.15 Å². The third kappa shape index (κ3) is 7.92. The molecule has 0 saturated heterocycles. The molecule has 0 spiro atoms. The van der Waals surface area contributed by atoms with Gasteiger partial charge in [-0.05, 0) is 43.5 Å². The number of halogens is 1. The summed E-state index contributed by atoms with van der Waals surface area (Å²) in [4.78, 5) is 4.25. The first-order valence-electron chi connectivity index (χ1n) is 8.30. The van der Waals surface area contributed by atoms with Gasteiger partial charge in [0.15, 0.2) is 5.96 Å². The van der Waals surface area contributed by atoms with Crippen molar-refractivity contribution >= 4 is 29.9 Å². The first-order valence-corrected chi connectivity index (χ1v) is 8.30. The average Bonchev–Trinajstić information content (AvgIpc) is 3.08. The molecule has 0 aliphatic heterocycles. The normalized spacial score (nSPS) is 11.1. The third-order valence-corrected chi connectivity index (χ3v) is 3.75. The number of rotatable bonds is 8. The first-order chi connectivity index (χ1) is 11.7. The Morgan fingerprint density at radius 3 is 2.72 bits per heavy atom. The van der Waals surface area contributed by atoms with Crippen LogP contribution in [0.15, 0.2) is 46.0 Å². The van der Waals surface area contributed by atoms with Crippen molar-refractivity contribution in [3.63, 3.8) is 0 Å². The van der Waals surface area contributed by atoms with Crippen LogP contribution in [0.25, 0.3) is 0 Å². The molecule has 0 aliphatic carbocycles. The predicted octanol–water partition coefficient (Wildman–Crippen LogP) is 3.79. The van der Waals surface area contributed by atoms with E-state index in [2.05, 4.69) is 47.7 Å². The molecule has 0 aliphatic rings. The minimum atomic E-state index is 0. The Labute approximate surface area is 167 Å². The summed E-state index contributed by atoms with van der Waals surface area (Å²) in [6.07, 6.45) is 2.57. The second-order valence-corrected chi connectivity index (χ2v) is 5.77. The van der Waals surface area contributed by atoms with Crippen molar-refractivity contribution in [3.05, 3.63) is 59.0 Å². The maximum Gasteiger partial charge on any atom is 0.191 e. The Hall–Kier alpha value is -1.54. The molecular formula is C19H28IN3O2. The molecule has 1 heterocycles. The number of ether oxygens (including phenoxy) is 1. The van der Waals surface area contributed by atoms with Crippen molar-refractivity contribution in [2.24, 2.45) is 4.99 Å². The summed E-state index contributed by atoms with van der Waals surface area (Å²) >= 11 is 0. The molecule has 0 bridgehead atoms. The Morgan fingerprint density at radius 2 is 2.04 bits per heavy atom. The highest BCUT2D eigenvalue weighted by atomic mass is 127. The molecule has 1 aromatic heterocycles. The molecule has 138 valence electrons. The van der Waals surface area contributed by atoms with Gasteiger partial charge in [0, 0.05) is 26.7 Å². The molecular weight excluding hydrogens is 429 g/mol. The van der Waals surface area contributed by atoms with Crippen molar-refractivity contribution in [3.8, 4) is 0 Å². The largest absolute Gasteiger partial charge is 0.467 e. The van der Waals surface area contributed by atoms with Gasteiger partial charge in [-0.25, -0.2) is 0 Å². The highest BCUT2D eigenvalue weighted by Gasteiger charge is 2.01. The van der Waals surface area contributed by atoms with E-state index in [1.807, 2.05) is 12.1 Å². The number of nitrogens with one attached hydrogen (secondary N) is 2. The van der Waals surface area contributed by atoms with Crippen LogP contribution in [0.1, 0.15) is 28.9 Å². The summed E-state index contributed by atoms with van der Waals surface area (Å²) < 4.78 is 10.8. The second-order valence-electron chi connectivity index (χ2n) is 5.77. The maximum atomic E-state index is 5.56. The van der Waals surface area contributed by atoms with Crippen LogP contribution in [0.3, 0.4) is 0 Å². The SMILES string of the molecule is CN=C(NCCCOCc1ccco1)NCc1ccc(C)cc1C.I. The van der Waals surface area contributed by atoms with Gasteiger partial charge in [0.25, 0.3) is 0 Å². The van der Waals surface area contributed by atoms with Gasteiger partial charge in [-0.2, -0.15) is 0 Å². The van der Waals surface area contributed by atoms with Crippen molar-refractivity contribution in [2.75, 3.05) is 20.2 Å². The Balaban J connectivity index is 0.00000312. The van der Waals surface area contributed by atoms with Crippen molar-refractivity contribution in [1.29, 1.82) is 0 Å². The lowest BCUT2D eigenvalue weighted by atomic mass is 10.1. The minimum Gasteiger partial charge on any atom is -0.467 e. The fourth-order valence-electron chi connectivity index (χ4n) is 2.39. The average molecular weight is 457 g/mol. The molecule has 1 aromatic carbocycles. The van der Waals surface area contributed by atoms with E-state index in [1.54, 1.807) is 13.3 Å². The van der Waals surface area contributed by atoms with Crippen LogP contribution in [-0.2, 0) is 17.9 Å². The molecule has 6 heteroatoms. The molecule has 0 fully saturated rings. The lowest BCUT2D eigenvalue weighted by Gasteiger charge is -2.13. The Bertz CT molecular complexity index is 642. The van der Waals surface area contributed by atoms with Crippen molar-refractivity contribution in [1.82, 2.24) is 10.6 Å². The zero-order valence-electron chi connectivity index (χ0n) is 15.2. The zero-order valence-corrected chi connectivity index (χ0v) is 17.5. The quantitative estimate of drug-likeness (QED) is 0.274. The monoisotopic (exact) mass is 457 g/mol. The van der Waals surface area contributed by atoms with Crippen LogP contribution < -0.4 is 10.6 Å². The summed E-state index contributed by atoms with van der Waals surface area (Å²) in [5.41, 5.74) is 3.86. The van der Waals surface area contributed by atoms with Gasteiger partial charge in [0.1, 0.15) is 12.4 Å². The molecule has 2 aromatic rings. The second kappa shape index (κ2) is 11.9. The number of guanidine groups is 1. The van der Waals surface area contributed by atoms with Gasteiger partial charge in [-0.1, -0.05) is 23.8 Å². The number of furan rings is 1. The van der Waals surface area contributed by atoms with Crippen molar-refractivity contribution in [2.45, 2.75) is 33.4 Å². The molecule has 5 nitrogen and oxygen atoms in total. The fraction of sp³-hybridized carbons (Fsp3) is 0.421. The lowest BCUT2D eigenvalue weighted by Crippen LogP contribution is -2.37. The van der Waals surface area contributed by atoms with Crippen LogP contribution in [0.2, 0.25) is 0 Å². The maximum absolute atomic E-state index is 5.56. The van der Waals surface area contributed by atoms with E-state index in [9.17, 15) is 0 Å². The molecule has 0 saturated carbocycles. The smallest absolute Gasteiger partial charge is 0.191 e. The van der Waals surface area contributed by atoms with Crippen LogP contribution in [0.5, 0.6) is 0 Å². The van der Waals surface area contributed by atoms with Gasteiger partial charge in [0.05, 0.1) is 6.26 Å². The van der Waals surface area contributed by atoms with Gasteiger partial charge in [0.2, 0.25) is 0 Å².